The third-order valence-corrected chi connectivity index (χ3v) is 12.9. The van der Waals surface area contributed by atoms with Gasteiger partial charge in [0.2, 0.25) is 0 Å². The van der Waals surface area contributed by atoms with Crippen molar-refractivity contribution in [2.24, 2.45) is 0 Å². The van der Waals surface area contributed by atoms with Crippen molar-refractivity contribution >= 4 is 102 Å². The molecule has 3 heterocycles. The van der Waals surface area contributed by atoms with E-state index < -0.39 is 0 Å². The second-order valence-corrected chi connectivity index (χ2v) is 16.5. The Kier molecular flexibility index (Phi) is 8.69. The monoisotopic (exact) mass is 827 g/mol. The van der Waals surface area contributed by atoms with Crippen LogP contribution in [0.3, 0.4) is 0 Å². The summed E-state index contributed by atoms with van der Waals surface area (Å²) in [6.45, 7) is 0. The van der Waals surface area contributed by atoms with Gasteiger partial charge in [0, 0.05) is 55.3 Å². The van der Waals surface area contributed by atoms with Gasteiger partial charge in [0.15, 0.2) is 0 Å². The van der Waals surface area contributed by atoms with Gasteiger partial charge in [-0.2, -0.15) is 0 Å². The van der Waals surface area contributed by atoms with Crippen LogP contribution in [0.15, 0.2) is 218 Å². The quantitative estimate of drug-likeness (QED) is 0.143. The summed E-state index contributed by atoms with van der Waals surface area (Å²) in [6.07, 6.45) is 0. The summed E-state index contributed by atoms with van der Waals surface area (Å²) < 4.78 is 0. The molecule has 0 spiro atoms. The van der Waals surface area contributed by atoms with Crippen LogP contribution in [-0.2, 0) is 0 Å². The molecule has 7 nitrogen and oxygen atoms in total. The SMILES string of the molecule is CN1c2cc(N(c3ccccc3)c3ccccc3)cc3c2N2c4c1cc(N(c1ccccc1)c1ccccc1)cc4N(C)c1cc(N(c4ccccc4)c4ccccc4)cc(c12)N3C. The summed E-state index contributed by atoms with van der Waals surface area (Å²) in [7, 11) is 6.69. The molecule has 64 heavy (non-hydrogen) atoms. The van der Waals surface area contributed by atoms with Crippen molar-refractivity contribution in [3.05, 3.63) is 218 Å². The Hall–Kier alpha value is -8.42. The zero-order valence-corrected chi connectivity index (χ0v) is 35.9. The summed E-state index contributed by atoms with van der Waals surface area (Å²) >= 11 is 0. The number of rotatable bonds is 9. The normalized spacial score (nSPS) is 12.8. The zero-order chi connectivity index (χ0) is 42.9. The molecular weight excluding hydrogens is 783 g/mol. The Morgan fingerprint density at radius 2 is 0.406 bits per heavy atom. The van der Waals surface area contributed by atoms with Crippen LogP contribution in [0.25, 0.3) is 0 Å². The number of benzene rings is 9. The predicted octanol–water partition coefficient (Wildman–Crippen LogP) is 15.8. The molecule has 3 aliphatic heterocycles. The maximum absolute atomic E-state index is 2.55. The third kappa shape index (κ3) is 5.82. The first kappa shape index (κ1) is 37.4. The van der Waals surface area contributed by atoms with E-state index in [-0.39, 0.29) is 0 Å². The Morgan fingerprint density at radius 1 is 0.234 bits per heavy atom. The molecule has 12 rings (SSSR count). The van der Waals surface area contributed by atoms with Crippen molar-refractivity contribution in [2.45, 2.75) is 0 Å². The highest BCUT2D eigenvalue weighted by atomic mass is 15.4. The minimum atomic E-state index is 1.07. The van der Waals surface area contributed by atoms with Gasteiger partial charge in [0.1, 0.15) is 0 Å². The van der Waals surface area contributed by atoms with E-state index >= 15 is 0 Å². The van der Waals surface area contributed by atoms with Crippen molar-refractivity contribution < 1.29 is 0 Å². The molecule has 9 aromatic carbocycles. The first-order valence-electron chi connectivity index (χ1n) is 21.8. The Labute approximate surface area is 374 Å². The van der Waals surface area contributed by atoms with E-state index in [1.54, 1.807) is 0 Å². The van der Waals surface area contributed by atoms with Crippen LogP contribution in [-0.4, -0.2) is 21.1 Å². The number of nitrogens with zero attached hydrogens (tertiary/aromatic N) is 7. The molecule has 3 aliphatic rings. The average molecular weight is 828 g/mol. The first-order chi connectivity index (χ1) is 31.5. The van der Waals surface area contributed by atoms with Crippen LogP contribution in [0.2, 0.25) is 0 Å². The van der Waals surface area contributed by atoms with Gasteiger partial charge in [0.25, 0.3) is 0 Å². The molecular formula is C57H45N7. The highest BCUT2D eigenvalue weighted by Gasteiger charge is 2.44. The van der Waals surface area contributed by atoms with Crippen LogP contribution < -0.4 is 34.3 Å². The standard InChI is InChI=1S/C57H45N7/c1-58-49-34-46(61(40-22-10-4-11-23-40)41-24-12-5-13-25-41)36-51-55(49)64-56-50(58)35-47(62(42-26-14-6-15-27-42)43-28-16-7-17-29-43)37-52(56)60(3)54-39-48(38-53(57(54)64)59(51)2)63(44-30-18-8-19-31-44)45-32-20-9-21-33-45/h4-39H,1-3H3. The highest BCUT2D eigenvalue weighted by Crippen LogP contribution is 2.69. The second kappa shape index (κ2) is 14.9. The van der Waals surface area contributed by atoms with E-state index in [9.17, 15) is 0 Å². The molecule has 0 saturated carbocycles. The summed E-state index contributed by atoms with van der Waals surface area (Å²) in [5.74, 6) is 0. The lowest BCUT2D eigenvalue weighted by atomic mass is 9.94. The summed E-state index contributed by atoms with van der Waals surface area (Å²) in [6, 6.07) is 78.4. The van der Waals surface area contributed by atoms with Gasteiger partial charge in [-0.25, -0.2) is 0 Å². The van der Waals surface area contributed by atoms with Gasteiger partial charge in [-0.05, 0) is 109 Å². The second-order valence-electron chi connectivity index (χ2n) is 16.5. The molecule has 308 valence electrons. The molecule has 9 aromatic rings. The molecule has 0 unspecified atom stereocenters. The number of hydrogen-bond donors (Lipinski definition) is 0. The molecule has 0 bridgehead atoms. The number of anilines is 18. The van der Waals surface area contributed by atoms with Crippen molar-refractivity contribution in [2.75, 3.05) is 55.4 Å². The fourth-order valence-electron chi connectivity index (χ4n) is 9.91. The number of para-hydroxylation sites is 6. The lowest BCUT2D eigenvalue weighted by molar-refractivity contribution is 1.03. The topological polar surface area (TPSA) is 22.7 Å². The van der Waals surface area contributed by atoms with Crippen LogP contribution in [0, 0.1) is 0 Å². The van der Waals surface area contributed by atoms with Crippen molar-refractivity contribution in [1.29, 1.82) is 0 Å². The van der Waals surface area contributed by atoms with Gasteiger partial charge < -0.3 is 29.4 Å². The zero-order valence-electron chi connectivity index (χ0n) is 35.9. The van der Waals surface area contributed by atoms with E-state index in [0.29, 0.717) is 0 Å². The van der Waals surface area contributed by atoms with Crippen molar-refractivity contribution in [3.63, 3.8) is 0 Å². The van der Waals surface area contributed by atoms with Crippen molar-refractivity contribution in [1.82, 2.24) is 0 Å². The third-order valence-electron chi connectivity index (χ3n) is 12.9. The Bertz CT molecular complexity index is 2630. The van der Waals surface area contributed by atoms with Crippen LogP contribution >= 0.6 is 0 Å². The molecule has 0 N–H and O–H groups in total. The van der Waals surface area contributed by atoms with E-state index in [4.69, 9.17) is 0 Å². The molecule has 0 aromatic heterocycles. The van der Waals surface area contributed by atoms with E-state index in [1.807, 2.05) is 0 Å². The number of hydrogen-bond acceptors (Lipinski definition) is 7. The van der Waals surface area contributed by atoms with E-state index in [0.717, 1.165) is 102 Å². The fraction of sp³-hybridized carbons (Fsp3) is 0.0526. The molecule has 0 amide bonds. The summed E-state index contributed by atoms with van der Waals surface area (Å²) in [4.78, 5) is 16.9. The van der Waals surface area contributed by atoms with E-state index in [2.05, 4.69) is 274 Å². The van der Waals surface area contributed by atoms with Gasteiger partial charge in [-0.3, -0.25) is 4.90 Å². The lowest BCUT2D eigenvalue weighted by Crippen LogP contribution is -2.36. The molecule has 0 fully saturated rings. The van der Waals surface area contributed by atoms with Crippen LogP contribution in [0.1, 0.15) is 0 Å². The molecule has 0 aliphatic carbocycles. The maximum Gasteiger partial charge on any atom is 0.0943 e. The van der Waals surface area contributed by atoms with Crippen LogP contribution in [0.5, 0.6) is 0 Å². The molecule has 7 heteroatoms. The van der Waals surface area contributed by atoms with Crippen molar-refractivity contribution in [3.8, 4) is 0 Å². The fourth-order valence-corrected chi connectivity index (χ4v) is 9.91. The first-order valence-corrected chi connectivity index (χ1v) is 21.8. The Morgan fingerprint density at radius 3 is 0.578 bits per heavy atom. The maximum atomic E-state index is 2.55. The lowest BCUT2D eigenvalue weighted by Gasteiger charge is -2.51. The average Bonchev–Trinajstić information content (AvgIpc) is 3.35. The summed E-state index contributed by atoms with van der Waals surface area (Å²) in [5.41, 5.74) is 20.0. The smallest absolute Gasteiger partial charge is 0.0943 e. The predicted molar refractivity (Wildman–Crippen MR) is 269 cm³/mol. The van der Waals surface area contributed by atoms with Gasteiger partial charge >= 0.3 is 0 Å². The summed E-state index contributed by atoms with van der Waals surface area (Å²) in [5, 5.41) is 0. The molecule has 0 atom stereocenters. The largest absolute Gasteiger partial charge is 0.341 e. The minimum absolute atomic E-state index is 1.07. The molecule has 0 saturated heterocycles. The van der Waals surface area contributed by atoms with Gasteiger partial charge in [-0.15, -0.1) is 0 Å². The van der Waals surface area contributed by atoms with Crippen LogP contribution in [0.4, 0.5) is 102 Å². The molecule has 0 radical (unpaired) electrons. The van der Waals surface area contributed by atoms with Gasteiger partial charge in [0.05, 0.1) is 68.2 Å². The van der Waals surface area contributed by atoms with Gasteiger partial charge in [-0.1, -0.05) is 109 Å². The highest BCUT2D eigenvalue weighted by molar-refractivity contribution is 6.19. The minimum Gasteiger partial charge on any atom is -0.341 e. The Balaban J connectivity index is 1.15. The van der Waals surface area contributed by atoms with E-state index in [1.165, 1.54) is 0 Å².